The molecule has 0 saturated carbocycles. The number of carbonyl (C=O) groups is 3. The number of alkyl halides is 2. The van der Waals surface area contributed by atoms with Crippen molar-refractivity contribution in [3.05, 3.63) is 22.4 Å². The molecule has 2 rings (SSSR count). The molecule has 2 heterocycles. The Morgan fingerprint density at radius 3 is 2.76 bits per heavy atom. The van der Waals surface area contributed by atoms with Gasteiger partial charge in [-0.2, -0.15) is 0 Å². The van der Waals surface area contributed by atoms with Crippen LogP contribution in [0, 0.1) is 0 Å². The van der Waals surface area contributed by atoms with Crippen molar-refractivity contribution in [1.29, 1.82) is 0 Å². The number of nitrogens with zero attached hydrogens (tertiary/aromatic N) is 1. The third-order valence-corrected chi connectivity index (χ3v) is 3.71. The predicted molar refractivity (Wildman–Crippen MR) is 77.4 cm³/mol. The molecule has 0 spiro atoms. The number of halogens is 2. The van der Waals surface area contributed by atoms with E-state index in [0.29, 0.717) is 11.4 Å². The Balaban J connectivity index is 2.12. The molecule has 0 bridgehead atoms. The van der Waals surface area contributed by atoms with Gasteiger partial charge in [0.1, 0.15) is 6.04 Å². The van der Waals surface area contributed by atoms with Gasteiger partial charge in [-0.05, 0) is 11.4 Å². The van der Waals surface area contributed by atoms with Gasteiger partial charge in [0.05, 0.1) is 4.88 Å². The fourth-order valence-corrected chi connectivity index (χ4v) is 2.15. The van der Waals surface area contributed by atoms with Crippen molar-refractivity contribution in [1.82, 2.24) is 10.6 Å². The van der Waals surface area contributed by atoms with Gasteiger partial charge in [0.2, 0.25) is 10.7 Å². The molecule has 1 atom stereocenters. The second-order valence-corrected chi connectivity index (χ2v) is 5.94. The third-order valence-electron chi connectivity index (χ3n) is 2.48. The standard InChI is InChI=1S/C11H9Cl2N3O4S/c12-8(13)11(19)20-16-7(6-2-1-3-21-6)10(18)15-5-4-14-9(5)17/h1-3,5,8H,4H2,(H,14,17)(H,15,18). The van der Waals surface area contributed by atoms with E-state index in [-0.39, 0.29) is 11.6 Å². The number of nitrogens with one attached hydrogen (secondary N) is 2. The summed E-state index contributed by atoms with van der Waals surface area (Å²) in [6, 6.07) is 2.70. The van der Waals surface area contributed by atoms with E-state index in [1.165, 1.54) is 11.3 Å². The second-order valence-electron chi connectivity index (χ2n) is 3.90. The smallest absolute Gasteiger partial charge is 0.352 e. The summed E-state index contributed by atoms with van der Waals surface area (Å²) in [4.78, 5) is 38.0. The summed E-state index contributed by atoms with van der Waals surface area (Å²) in [7, 11) is 0. The van der Waals surface area contributed by atoms with Crippen molar-refractivity contribution in [2.75, 3.05) is 6.54 Å². The Morgan fingerprint density at radius 1 is 1.52 bits per heavy atom. The minimum Gasteiger partial charge on any atom is -0.352 e. The highest BCUT2D eigenvalue weighted by molar-refractivity contribution is 7.13. The molecule has 1 aliphatic heterocycles. The largest absolute Gasteiger partial charge is 0.367 e. The molecule has 1 unspecified atom stereocenters. The fourth-order valence-electron chi connectivity index (χ4n) is 1.37. The van der Waals surface area contributed by atoms with E-state index in [2.05, 4.69) is 20.6 Å². The van der Waals surface area contributed by atoms with Crippen LogP contribution < -0.4 is 10.6 Å². The number of thiophene rings is 1. The zero-order valence-corrected chi connectivity index (χ0v) is 12.7. The zero-order valence-electron chi connectivity index (χ0n) is 10.3. The first-order valence-electron chi connectivity index (χ1n) is 5.68. The number of oxime groups is 1. The lowest BCUT2D eigenvalue weighted by atomic mass is 10.1. The molecule has 1 saturated heterocycles. The molecule has 112 valence electrons. The summed E-state index contributed by atoms with van der Waals surface area (Å²) in [5.41, 5.74) is -0.132. The maximum absolute atomic E-state index is 12.1. The summed E-state index contributed by atoms with van der Waals surface area (Å²) in [6.45, 7) is 0.341. The predicted octanol–water partition coefficient (Wildman–Crippen LogP) is 0.414. The van der Waals surface area contributed by atoms with Gasteiger partial charge in [0, 0.05) is 6.54 Å². The Labute approximate surface area is 133 Å². The van der Waals surface area contributed by atoms with Gasteiger partial charge in [-0.1, -0.05) is 34.4 Å². The number of β-lactam (4-membered cyclic amide) rings is 1. The highest BCUT2D eigenvalue weighted by Gasteiger charge is 2.31. The summed E-state index contributed by atoms with van der Waals surface area (Å²) in [5, 5.41) is 10.2. The number of carbonyl (C=O) groups excluding carboxylic acids is 3. The van der Waals surface area contributed by atoms with Crippen molar-refractivity contribution in [3.63, 3.8) is 0 Å². The van der Waals surface area contributed by atoms with Crippen LogP contribution >= 0.6 is 34.5 Å². The molecule has 7 nitrogen and oxygen atoms in total. The van der Waals surface area contributed by atoms with Crippen molar-refractivity contribution in [2.24, 2.45) is 5.16 Å². The summed E-state index contributed by atoms with van der Waals surface area (Å²) >= 11 is 11.9. The average molecular weight is 350 g/mol. The van der Waals surface area contributed by atoms with Crippen LogP contribution in [-0.2, 0) is 19.2 Å². The van der Waals surface area contributed by atoms with Gasteiger partial charge >= 0.3 is 5.97 Å². The average Bonchev–Trinajstić information content (AvgIpc) is 2.97. The van der Waals surface area contributed by atoms with Crippen LogP contribution in [0.1, 0.15) is 4.88 Å². The van der Waals surface area contributed by atoms with E-state index in [1.807, 2.05) is 0 Å². The van der Waals surface area contributed by atoms with Gasteiger partial charge in [-0.3, -0.25) is 9.59 Å². The monoisotopic (exact) mass is 349 g/mol. The normalized spacial score (nSPS) is 18.0. The van der Waals surface area contributed by atoms with E-state index in [4.69, 9.17) is 23.2 Å². The third kappa shape index (κ3) is 3.93. The van der Waals surface area contributed by atoms with Crippen LogP contribution in [0.5, 0.6) is 0 Å². The molecule has 0 radical (unpaired) electrons. The van der Waals surface area contributed by atoms with E-state index in [0.717, 1.165) is 0 Å². The molecular weight excluding hydrogens is 341 g/mol. The molecule has 0 aromatic carbocycles. The number of hydrogen-bond acceptors (Lipinski definition) is 6. The van der Waals surface area contributed by atoms with E-state index in [9.17, 15) is 14.4 Å². The number of amides is 2. The molecule has 21 heavy (non-hydrogen) atoms. The molecular formula is C11H9Cl2N3O4S. The number of rotatable bonds is 5. The minimum absolute atomic E-state index is 0.132. The topological polar surface area (TPSA) is 96.9 Å². The first-order chi connectivity index (χ1) is 9.99. The highest BCUT2D eigenvalue weighted by atomic mass is 35.5. The van der Waals surface area contributed by atoms with Gasteiger partial charge in [0.25, 0.3) is 5.91 Å². The highest BCUT2D eigenvalue weighted by Crippen LogP contribution is 2.12. The van der Waals surface area contributed by atoms with Crippen molar-refractivity contribution < 1.29 is 19.2 Å². The van der Waals surface area contributed by atoms with Gasteiger partial charge < -0.3 is 15.5 Å². The van der Waals surface area contributed by atoms with Crippen LogP contribution in [-0.4, -0.2) is 40.9 Å². The Hall–Kier alpha value is -1.64. The molecule has 1 aliphatic rings. The zero-order chi connectivity index (χ0) is 15.4. The van der Waals surface area contributed by atoms with Crippen molar-refractivity contribution in [3.8, 4) is 0 Å². The van der Waals surface area contributed by atoms with Crippen LogP contribution in [0.3, 0.4) is 0 Å². The Morgan fingerprint density at radius 2 is 2.29 bits per heavy atom. The lowest BCUT2D eigenvalue weighted by Gasteiger charge is -2.26. The van der Waals surface area contributed by atoms with Crippen LogP contribution in [0.25, 0.3) is 0 Å². The van der Waals surface area contributed by atoms with Gasteiger partial charge in [0.15, 0.2) is 5.71 Å². The molecule has 0 aliphatic carbocycles. The molecule has 1 aromatic heterocycles. The summed E-state index contributed by atoms with van der Waals surface area (Å²) in [6.07, 6.45) is 0. The second kappa shape index (κ2) is 6.88. The maximum Gasteiger partial charge on any atom is 0.367 e. The maximum atomic E-state index is 12.1. The Bertz CT molecular complexity index is 588. The summed E-state index contributed by atoms with van der Waals surface area (Å²) < 4.78 is 0. The SMILES string of the molecule is O=C(NC1CNC1=O)C(=NOC(=O)C(Cl)Cl)c1cccs1. The molecule has 1 aromatic rings. The first-order valence-corrected chi connectivity index (χ1v) is 7.43. The molecule has 2 N–H and O–H groups in total. The molecule has 10 heteroatoms. The van der Waals surface area contributed by atoms with Crippen LogP contribution in [0.4, 0.5) is 0 Å². The quantitative estimate of drug-likeness (QED) is 0.264. The van der Waals surface area contributed by atoms with Gasteiger partial charge in [-0.25, -0.2) is 4.79 Å². The molecule has 1 fully saturated rings. The minimum atomic E-state index is -1.40. The lowest BCUT2D eigenvalue weighted by Crippen LogP contribution is -2.62. The number of hydrogen-bond donors (Lipinski definition) is 2. The van der Waals surface area contributed by atoms with Crippen LogP contribution in [0.15, 0.2) is 22.7 Å². The van der Waals surface area contributed by atoms with Crippen molar-refractivity contribution in [2.45, 2.75) is 10.9 Å². The van der Waals surface area contributed by atoms with E-state index >= 15 is 0 Å². The summed E-state index contributed by atoms with van der Waals surface area (Å²) in [5.74, 6) is -1.92. The van der Waals surface area contributed by atoms with Crippen LogP contribution in [0.2, 0.25) is 0 Å². The van der Waals surface area contributed by atoms with Gasteiger partial charge in [-0.15, -0.1) is 11.3 Å². The fraction of sp³-hybridized carbons (Fsp3) is 0.273. The van der Waals surface area contributed by atoms with E-state index < -0.39 is 22.8 Å². The first kappa shape index (κ1) is 15.7. The van der Waals surface area contributed by atoms with Crippen molar-refractivity contribution >= 4 is 58.0 Å². The lowest BCUT2D eigenvalue weighted by molar-refractivity contribution is -0.141. The van der Waals surface area contributed by atoms with E-state index in [1.54, 1.807) is 17.5 Å². The molecule has 2 amide bonds. The Kier molecular flexibility index (Phi) is 5.16.